The van der Waals surface area contributed by atoms with E-state index >= 15 is 0 Å². The number of hydrogen-bond acceptors (Lipinski definition) is 5. The van der Waals surface area contributed by atoms with Gasteiger partial charge in [0.25, 0.3) is 0 Å². The van der Waals surface area contributed by atoms with Crippen molar-refractivity contribution in [3.8, 4) is 17.2 Å². The summed E-state index contributed by atoms with van der Waals surface area (Å²) in [6, 6.07) is 10.7. The molecule has 0 atom stereocenters. The van der Waals surface area contributed by atoms with Gasteiger partial charge in [-0.25, -0.2) is 0 Å². The topological polar surface area (TPSA) is 77.1 Å². The van der Waals surface area contributed by atoms with Gasteiger partial charge >= 0.3 is 0 Å². The molecule has 1 aliphatic rings. The summed E-state index contributed by atoms with van der Waals surface area (Å²) in [5.74, 6) is 1.67. The Morgan fingerprint density at radius 3 is 2.39 bits per heavy atom. The molecule has 7 heteroatoms. The van der Waals surface area contributed by atoms with Gasteiger partial charge in [0.05, 0.1) is 33.4 Å². The van der Waals surface area contributed by atoms with E-state index < -0.39 is 0 Å². The third kappa shape index (κ3) is 4.19. The zero-order valence-corrected chi connectivity index (χ0v) is 16.3. The predicted octanol–water partition coefficient (Wildman–Crippen LogP) is 3.02. The Labute approximate surface area is 164 Å². The van der Waals surface area contributed by atoms with Gasteiger partial charge in [0.1, 0.15) is 5.75 Å². The second kappa shape index (κ2) is 8.65. The number of amides is 2. The highest BCUT2D eigenvalue weighted by Crippen LogP contribution is 2.34. The Balaban J connectivity index is 1.71. The maximum Gasteiger partial charge on any atom is 0.228 e. The van der Waals surface area contributed by atoms with Crippen LogP contribution >= 0.6 is 0 Å². The fraction of sp³-hybridized carbons (Fsp3) is 0.333. The van der Waals surface area contributed by atoms with Crippen LogP contribution in [0.1, 0.15) is 18.4 Å². The molecule has 2 amide bonds. The molecule has 0 radical (unpaired) electrons. The van der Waals surface area contributed by atoms with Crippen molar-refractivity contribution in [1.29, 1.82) is 0 Å². The van der Waals surface area contributed by atoms with Crippen molar-refractivity contribution in [2.24, 2.45) is 0 Å². The van der Waals surface area contributed by atoms with Crippen LogP contribution in [-0.4, -0.2) is 39.7 Å². The van der Waals surface area contributed by atoms with Gasteiger partial charge in [-0.3, -0.25) is 9.59 Å². The molecule has 2 aromatic carbocycles. The van der Waals surface area contributed by atoms with Crippen LogP contribution in [0, 0.1) is 0 Å². The smallest absolute Gasteiger partial charge is 0.228 e. The molecule has 2 aromatic rings. The number of hydrogen-bond donors (Lipinski definition) is 1. The van der Waals surface area contributed by atoms with E-state index in [0.717, 1.165) is 17.7 Å². The van der Waals surface area contributed by atoms with Crippen LogP contribution in [0.15, 0.2) is 36.4 Å². The molecule has 1 fully saturated rings. The highest BCUT2D eigenvalue weighted by atomic mass is 16.5. The van der Waals surface area contributed by atoms with Crippen LogP contribution in [0.5, 0.6) is 17.2 Å². The van der Waals surface area contributed by atoms with E-state index in [2.05, 4.69) is 5.32 Å². The second-order valence-electron chi connectivity index (χ2n) is 6.45. The minimum Gasteiger partial charge on any atom is -0.494 e. The van der Waals surface area contributed by atoms with Crippen molar-refractivity contribution in [1.82, 2.24) is 0 Å². The molecule has 1 saturated heterocycles. The van der Waals surface area contributed by atoms with E-state index in [1.807, 2.05) is 6.07 Å². The first-order valence-electron chi connectivity index (χ1n) is 9.05. The molecule has 0 saturated carbocycles. The number of rotatable bonds is 7. The lowest BCUT2D eigenvalue weighted by Crippen LogP contribution is -2.24. The van der Waals surface area contributed by atoms with E-state index in [1.54, 1.807) is 56.6 Å². The number of benzene rings is 2. The van der Waals surface area contributed by atoms with Crippen molar-refractivity contribution < 1.29 is 23.8 Å². The van der Waals surface area contributed by atoms with E-state index in [4.69, 9.17) is 14.2 Å². The number of carbonyl (C=O) groups is 2. The number of nitrogens with one attached hydrogen (secondary N) is 1. The van der Waals surface area contributed by atoms with Crippen molar-refractivity contribution in [3.05, 3.63) is 42.0 Å². The SMILES string of the molecule is COc1ccc(CC(=O)Nc2ccc(N3CCCC3=O)c(OC)c2)cc1OC. The Hall–Kier alpha value is -3.22. The minimum atomic E-state index is -0.167. The maximum absolute atomic E-state index is 12.4. The molecule has 0 unspecified atom stereocenters. The molecule has 7 nitrogen and oxygen atoms in total. The van der Waals surface area contributed by atoms with Crippen molar-refractivity contribution >= 4 is 23.2 Å². The zero-order chi connectivity index (χ0) is 20.1. The molecule has 0 bridgehead atoms. The maximum atomic E-state index is 12.4. The Morgan fingerprint density at radius 2 is 1.75 bits per heavy atom. The Morgan fingerprint density at radius 1 is 1.00 bits per heavy atom. The first-order chi connectivity index (χ1) is 13.5. The minimum absolute atomic E-state index is 0.0866. The quantitative estimate of drug-likeness (QED) is 0.794. The molecule has 1 heterocycles. The van der Waals surface area contributed by atoms with Gasteiger partial charge in [-0.15, -0.1) is 0 Å². The summed E-state index contributed by atoms with van der Waals surface area (Å²) in [4.78, 5) is 26.1. The van der Waals surface area contributed by atoms with Crippen molar-refractivity contribution in [2.75, 3.05) is 38.1 Å². The summed E-state index contributed by atoms with van der Waals surface area (Å²) in [6.07, 6.45) is 1.58. The molecular weight excluding hydrogens is 360 g/mol. The van der Waals surface area contributed by atoms with Crippen LogP contribution in [-0.2, 0) is 16.0 Å². The van der Waals surface area contributed by atoms with E-state index in [1.165, 1.54) is 0 Å². The highest BCUT2D eigenvalue weighted by molar-refractivity contribution is 5.98. The van der Waals surface area contributed by atoms with Crippen molar-refractivity contribution in [2.45, 2.75) is 19.3 Å². The number of carbonyl (C=O) groups excluding carboxylic acids is 2. The number of anilines is 2. The molecule has 0 aromatic heterocycles. The van der Waals surface area contributed by atoms with Gasteiger partial charge in [-0.1, -0.05) is 6.07 Å². The summed E-state index contributed by atoms with van der Waals surface area (Å²) < 4.78 is 15.9. The summed E-state index contributed by atoms with van der Waals surface area (Å²) in [5, 5.41) is 2.87. The lowest BCUT2D eigenvalue weighted by molar-refractivity contribution is -0.117. The molecular formula is C21H24N2O5. The number of methoxy groups -OCH3 is 3. The summed E-state index contributed by atoms with van der Waals surface area (Å²) in [5.41, 5.74) is 2.14. The average molecular weight is 384 g/mol. The number of nitrogens with zero attached hydrogens (tertiary/aromatic N) is 1. The largest absolute Gasteiger partial charge is 0.494 e. The molecule has 0 spiro atoms. The normalized spacial score (nSPS) is 13.4. The van der Waals surface area contributed by atoms with Gasteiger partial charge in [0.15, 0.2) is 11.5 Å². The molecule has 1 N–H and O–H groups in total. The zero-order valence-electron chi connectivity index (χ0n) is 16.3. The first kappa shape index (κ1) is 19.5. The molecule has 3 rings (SSSR count). The van der Waals surface area contributed by atoms with Crippen LogP contribution in [0.2, 0.25) is 0 Å². The monoisotopic (exact) mass is 384 g/mol. The summed E-state index contributed by atoms with van der Waals surface area (Å²) in [7, 11) is 4.67. The van der Waals surface area contributed by atoms with Crippen LogP contribution in [0.4, 0.5) is 11.4 Å². The van der Waals surface area contributed by atoms with Crippen LogP contribution in [0.25, 0.3) is 0 Å². The average Bonchev–Trinajstić information content (AvgIpc) is 3.13. The lowest BCUT2D eigenvalue weighted by Gasteiger charge is -2.19. The molecule has 148 valence electrons. The van der Waals surface area contributed by atoms with E-state index in [-0.39, 0.29) is 18.2 Å². The molecule has 0 aliphatic carbocycles. The summed E-state index contributed by atoms with van der Waals surface area (Å²) >= 11 is 0. The third-order valence-electron chi connectivity index (χ3n) is 4.64. The molecule has 28 heavy (non-hydrogen) atoms. The Bertz CT molecular complexity index is 881. The third-order valence-corrected chi connectivity index (χ3v) is 4.64. The van der Waals surface area contributed by atoms with Gasteiger partial charge in [0.2, 0.25) is 11.8 Å². The lowest BCUT2D eigenvalue weighted by atomic mass is 10.1. The van der Waals surface area contributed by atoms with Gasteiger partial charge in [-0.2, -0.15) is 0 Å². The van der Waals surface area contributed by atoms with E-state index in [9.17, 15) is 9.59 Å². The van der Waals surface area contributed by atoms with Gasteiger partial charge < -0.3 is 24.4 Å². The fourth-order valence-corrected chi connectivity index (χ4v) is 3.26. The second-order valence-corrected chi connectivity index (χ2v) is 6.45. The first-order valence-corrected chi connectivity index (χ1v) is 9.05. The van der Waals surface area contributed by atoms with Crippen LogP contribution < -0.4 is 24.4 Å². The molecule has 1 aliphatic heterocycles. The van der Waals surface area contributed by atoms with Crippen LogP contribution in [0.3, 0.4) is 0 Å². The summed E-state index contributed by atoms with van der Waals surface area (Å²) in [6.45, 7) is 0.681. The fourth-order valence-electron chi connectivity index (χ4n) is 3.26. The van der Waals surface area contributed by atoms with E-state index in [0.29, 0.717) is 35.9 Å². The predicted molar refractivity (Wildman–Crippen MR) is 106 cm³/mol. The highest BCUT2D eigenvalue weighted by Gasteiger charge is 2.24. The Kier molecular flexibility index (Phi) is 6.03. The van der Waals surface area contributed by atoms with Crippen molar-refractivity contribution in [3.63, 3.8) is 0 Å². The van der Waals surface area contributed by atoms with Gasteiger partial charge in [0, 0.05) is 24.7 Å². The standard InChI is InChI=1S/C21H24N2O5/c1-26-17-9-6-14(11-19(17)28-3)12-20(24)22-15-7-8-16(18(13-15)27-2)23-10-4-5-21(23)25/h6-9,11,13H,4-5,10,12H2,1-3H3,(H,22,24). The van der Waals surface area contributed by atoms with Gasteiger partial charge in [-0.05, 0) is 36.2 Å². The number of ether oxygens (including phenoxy) is 3.